The highest BCUT2D eigenvalue weighted by Gasteiger charge is 2.31. The Bertz CT molecular complexity index is 1520. The van der Waals surface area contributed by atoms with E-state index >= 15 is 0 Å². The number of carbonyl (C=O) groups is 2. The lowest BCUT2D eigenvalue weighted by atomic mass is 10.0. The largest absolute Gasteiger partial charge is 0.495 e. The molecule has 3 aromatic carbocycles. The topological polar surface area (TPSA) is 96.0 Å². The highest BCUT2D eigenvalue weighted by Crippen LogP contribution is 2.31. The number of ether oxygens (including phenoxy) is 1. The van der Waals surface area contributed by atoms with Crippen molar-refractivity contribution in [1.29, 1.82) is 0 Å². The van der Waals surface area contributed by atoms with E-state index in [1.54, 1.807) is 30.3 Å². The number of amides is 2. The number of hydrogen-bond acceptors (Lipinski definition) is 5. The molecule has 0 spiro atoms. The van der Waals surface area contributed by atoms with Crippen LogP contribution in [0.15, 0.2) is 66.7 Å². The molecule has 0 bridgehead atoms. The van der Waals surface area contributed by atoms with Crippen molar-refractivity contribution in [2.75, 3.05) is 30.8 Å². The molecule has 12 heteroatoms. The van der Waals surface area contributed by atoms with Crippen LogP contribution in [0, 0.1) is 0 Å². The Labute approximate surface area is 275 Å². The summed E-state index contributed by atoms with van der Waals surface area (Å²) in [6.07, 6.45) is 3.26. The van der Waals surface area contributed by atoms with Gasteiger partial charge in [0.25, 0.3) is 0 Å². The minimum atomic E-state index is -3.70. The summed E-state index contributed by atoms with van der Waals surface area (Å²) in [5.74, 6) is -0.174. The molecule has 0 fully saturated rings. The Morgan fingerprint density at radius 2 is 1.68 bits per heavy atom. The third-order valence-corrected chi connectivity index (χ3v) is 9.11. The fourth-order valence-corrected chi connectivity index (χ4v) is 6.39. The van der Waals surface area contributed by atoms with Crippen molar-refractivity contribution >= 4 is 62.3 Å². The molecule has 0 saturated heterocycles. The quantitative estimate of drug-likeness (QED) is 0.169. The molecule has 0 saturated carbocycles. The summed E-state index contributed by atoms with van der Waals surface area (Å²) >= 11 is 18.9. The fraction of sp³-hybridized carbons (Fsp3) is 0.375. The summed E-state index contributed by atoms with van der Waals surface area (Å²) in [6.45, 7) is 2.61. The van der Waals surface area contributed by atoms with Gasteiger partial charge in [0.15, 0.2) is 0 Å². The Morgan fingerprint density at radius 3 is 2.30 bits per heavy atom. The number of sulfonamides is 1. The van der Waals surface area contributed by atoms with Crippen LogP contribution >= 0.6 is 34.8 Å². The van der Waals surface area contributed by atoms with Crippen LogP contribution < -0.4 is 14.4 Å². The number of carbonyl (C=O) groups excluding carboxylic acids is 2. The number of rotatable bonds is 16. The molecule has 238 valence electrons. The van der Waals surface area contributed by atoms with Gasteiger partial charge in [0, 0.05) is 42.5 Å². The molecular formula is C32H38Cl3N3O5S. The number of hydrogen-bond donors (Lipinski definition) is 1. The first-order chi connectivity index (χ1) is 20.9. The first-order valence-electron chi connectivity index (χ1n) is 14.3. The van der Waals surface area contributed by atoms with Crippen LogP contribution in [-0.2, 0) is 32.6 Å². The van der Waals surface area contributed by atoms with Crippen LogP contribution in [0.25, 0.3) is 0 Å². The SMILES string of the molecule is CCCCNC(=O)C(Cc1ccccc1)N(Cc1ccc(Cl)cc1Cl)C(=O)CCCN(c1ccc(OC)c(Cl)c1)S(C)(=O)=O. The van der Waals surface area contributed by atoms with Crippen LogP contribution in [0.3, 0.4) is 0 Å². The molecule has 8 nitrogen and oxygen atoms in total. The van der Waals surface area contributed by atoms with Crippen LogP contribution in [0.2, 0.25) is 15.1 Å². The van der Waals surface area contributed by atoms with E-state index in [1.807, 2.05) is 37.3 Å². The maximum Gasteiger partial charge on any atom is 0.243 e. The third kappa shape index (κ3) is 10.3. The van der Waals surface area contributed by atoms with E-state index < -0.39 is 16.1 Å². The van der Waals surface area contributed by atoms with Crippen LogP contribution in [0.5, 0.6) is 5.75 Å². The van der Waals surface area contributed by atoms with Gasteiger partial charge >= 0.3 is 0 Å². The first-order valence-corrected chi connectivity index (χ1v) is 17.3. The molecule has 1 N–H and O–H groups in total. The van der Waals surface area contributed by atoms with Gasteiger partial charge in [0.05, 0.1) is 24.1 Å². The van der Waals surface area contributed by atoms with Crippen LogP contribution in [0.4, 0.5) is 5.69 Å². The Hall–Kier alpha value is -2.98. The zero-order chi connectivity index (χ0) is 32.3. The minimum Gasteiger partial charge on any atom is -0.495 e. The zero-order valence-electron chi connectivity index (χ0n) is 25.1. The van der Waals surface area contributed by atoms with E-state index in [0.29, 0.717) is 33.6 Å². The predicted molar refractivity (Wildman–Crippen MR) is 178 cm³/mol. The van der Waals surface area contributed by atoms with Gasteiger partial charge in [-0.3, -0.25) is 13.9 Å². The smallest absolute Gasteiger partial charge is 0.243 e. The van der Waals surface area contributed by atoms with Gasteiger partial charge in [-0.15, -0.1) is 0 Å². The molecule has 3 rings (SSSR count). The number of benzene rings is 3. The van der Waals surface area contributed by atoms with Crippen molar-refractivity contribution in [3.63, 3.8) is 0 Å². The monoisotopic (exact) mass is 681 g/mol. The lowest BCUT2D eigenvalue weighted by molar-refractivity contribution is -0.141. The van der Waals surface area contributed by atoms with Gasteiger partial charge in [0.1, 0.15) is 11.8 Å². The molecule has 0 radical (unpaired) electrons. The van der Waals surface area contributed by atoms with Gasteiger partial charge in [0.2, 0.25) is 21.8 Å². The van der Waals surface area contributed by atoms with Crippen molar-refractivity contribution in [2.45, 2.75) is 51.6 Å². The van der Waals surface area contributed by atoms with E-state index in [2.05, 4.69) is 5.32 Å². The standard InChI is InChI=1S/C32H38Cl3N3O5S/c1-4-5-17-36-32(40)29(19-23-10-7-6-8-11-23)37(22-24-13-14-25(33)20-27(24)34)31(39)12-9-18-38(44(3,41)42)26-15-16-30(43-2)28(35)21-26/h6-8,10-11,13-16,20-21,29H,4-5,9,12,17-19,22H2,1-3H3,(H,36,40). The van der Waals surface area contributed by atoms with Gasteiger partial charge in [-0.05, 0) is 54.3 Å². The molecule has 0 aliphatic carbocycles. The number of halogens is 3. The normalized spacial score (nSPS) is 12.0. The van der Waals surface area contributed by atoms with Crippen LogP contribution in [0.1, 0.15) is 43.7 Å². The highest BCUT2D eigenvalue weighted by molar-refractivity contribution is 7.92. The number of anilines is 1. The van der Waals surface area contributed by atoms with Gasteiger partial charge in [-0.2, -0.15) is 0 Å². The third-order valence-electron chi connectivity index (χ3n) is 7.03. The average Bonchev–Trinajstić information content (AvgIpc) is 2.98. The van der Waals surface area contributed by atoms with E-state index in [1.165, 1.54) is 22.4 Å². The van der Waals surface area contributed by atoms with Crippen molar-refractivity contribution in [3.05, 3.63) is 92.9 Å². The maximum absolute atomic E-state index is 14.0. The first kappa shape index (κ1) is 35.5. The molecule has 0 aromatic heterocycles. The molecule has 0 aliphatic rings. The van der Waals surface area contributed by atoms with E-state index in [0.717, 1.165) is 24.7 Å². The van der Waals surface area contributed by atoms with Crippen LogP contribution in [-0.4, -0.2) is 57.6 Å². The number of nitrogens with zero attached hydrogens (tertiary/aromatic N) is 2. The van der Waals surface area contributed by atoms with Crippen molar-refractivity contribution < 1.29 is 22.7 Å². The molecule has 0 heterocycles. The lowest BCUT2D eigenvalue weighted by Gasteiger charge is -2.32. The second-order valence-electron chi connectivity index (χ2n) is 10.4. The molecular weight excluding hydrogens is 645 g/mol. The summed E-state index contributed by atoms with van der Waals surface area (Å²) in [6, 6.07) is 18.4. The second-order valence-corrected chi connectivity index (χ2v) is 13.5. The molecule has 2 amide bonds. The van der Waals surface area contributed by atoms with Gasteiger partial charge in [-0.25, -0.2) is 8.42 Å². The highest BCUT2D eigenvalue weighted by atomic mass is 35.5. The van der Waals surface area contributed by atoms with E-state index in [9.17, 15) is 18.0 Å². The average molecular weight is 683 g/mol. The summed E-state index contributed by atoms with van der Waals surface area (Å²) in [5, 5.41) is 4.07. The molecule has 3 aromatic rings. The zero-order valence-corrected chi connectivity index (χ0v) is 28.1. The lowest BCUT2D eigenvalue weighted by Crippen LogP contribution is -2.50. The summed E-state index contributed by atoms with van der Waals surface area (Å²) in [7, 11) is -2.23. The summed E-state index contributed by atoms with van der Waals surface area (Å²) < 4.78 is 31.8. The van der Waals surface area contributed by atoms with E-state index in [4.69, 9.17) is 39.5 Å². The Morgan fingerprint density at radius 1 is 0.955 bits per heavy atom. The number of nitrogens with one attached hydrogen (secondary N) is 1. The number of methoxy groups -OCH3 is 1. The second kappa shape index (κ2) is 16.9. The summed E-state index contributed by atoms with van der Waals surface area (Å²) in [5.41, 5.74) is 1.88. The van der Waals surface area contributed by atoms with Crippen molar-refractivity contribution in [1.82, 2.24) is 10.2 Å². The molecule has 0 aliphatic heterocycles. The van der Waals surface area contributed by atoms with Gasteiger partial charge in [-0.1, -0.05) is 84.5 Å². The number of unbranched alkanes of at least 4 members (excludes halogenated alkanes) is 1. The van der Waals surface area contributed by atoms with Crippen molar-refractivity contribution in [2.24, 2.45) is 0 Å². The molecule has 1 atom stereocenters. The Balaban J connectivity index is 1.90. The van der Waals surface area contributed by atoms with Crippen molar-refractivity contribution in [3.8, 4) is 5.75 Å². The fourth-order valence-electron chi connectivity index (χ4n) is 4.71. The molecule has 44 heavy (non-hydrogen) atoms. The predicted octanol–water partition coefficient (Wildman–Crippen LogP) is 6.76. The minimum absolute atomic E-state index is 0.0192. The Kier molecular flexibility index (Phi) is 13.6. The maximum atomic E-state index is 14.0. The van der Waals surface area contributed by atoms with E-state index in [-0.39, 0.29) is 49.2 Å². The molecule has 1 unspecified atom stereocenters. The van der Waals surface area contributed by atoms with Gasteiger partial charge < -0.3 is 15.0 Å². The summed E-state index contributed by atoms with van der Waals surface area (Å²) in [4.78, 5) is 29.1.